The number of nitriles is 1. The van der Waals surface area contributed by atoms with Crippen LogP contribution in [0, 0.1) is 18.3 Å². The number of imidazole rings is 1. The number of carbonyl (C=O) groups is 1. The molecule has 0 unspecified atom stereocenters. The topological polar surface area (TPSA) is 70.7 Å². The lowest BCUT2D eigenvalue weighted by atomic mass is 10.1. The molecule has 25 heavy (non-hydrogen) atoms. The Morgan fingerprint density at radius 2 is 1.88 bits per heavy atom. The third-order valence-corrected chi connectivity index (χ3v) is 3.98. The van der Waals surface area contributed by atoms with E-state index in [1.54, 1.807) is 24.3 Å². The maximum Gasteiger partial charge on any atom is 0.251 e. The van der Waals surface area contributed by atoms with Gasteiger partial charge in [0, 0.05) is 36.1 Å². The standard InChI is InChI=1S/C20H18N4O/c1-15-14-23-19(17-5-3-2-4-6-17)24(15)12-11-22-20(25)18-9-7-16(13-21)8-10-18/h2-10,14H,11-12H2,1H3,(H,22,25). The second kappa shape index (κ2) is 7.45. The molecule has 0 radical (unpaired) electrons. The summed E-state index contributed by atoms with van der Waals surface area (Å²) < 4.78 is 2.09. The Bertz CT molecular complexity index is 905. The van der Waals surface area contributed by atoms with E-state index in [2.05, 4.69) is 14.9 Å². The highest BCUT2D eigenvalue weighted by Crippen LogP contribution is 2.18. The van der Waals surface area contributed by atoms with Gasteiger partial charge in [-0.15, -0.1) is 0 Å². The van der Waals surface area contributed by atoms with Gasteiger partial charge in [-0.25, -0.2) is 4.98 Å². The van der Waals surface area contributed by atoms with Gasteiger partial charge in [-0.2, -0.15) is 5.26 Å². The first-order valence-corrected chi connectivity index (χ1v) is 8.05. The number of benzene rings is 2. The number of nitrogens with zero attached hydrogens (tertiary/aromatic N) is 3. The Morgan fingerprint density at radius 1 is 1.16 bits per heavy atom. The molecule has 0 aliphatic carbocycles. The third kappa shape index (κ3) is 3.75. The van der Waals surface area contributed by atoms with Crippen molar-refractivity contribution in [2.45, 2.75) is 13.5 Å². The first-order valence-electron chi connectivity index (χ1n) is 8.05. The Morgan fingerprint density at radius 3 is 2.56 bits per heavy atom. The minimum absolute atomic E-state index is 0.150. The van der Waals surface area contributed by atoms with Gasteiger partial charge in [0.25, 0.3) is 5.91 Å². The molecule has 0 spiro atoms. The number of nitrogens with one attached hydrogen (secondary N) is 1. The summed E-state index contributed by atoms with van der Waals surface area (Å²) in [6, 6.07) is 18.6. The van der Waals surface area contributed by atoms with Gasteiger partial charge in [0.15, 0.2) is 0 Å². The van der Waals surface area contributed by atoms with Crippen molar-refractivity contribution in [2.75, 3.05) is 6.54 Å². The van der Waals surface area contributed by atoms with Crippen LogP contribution in [0.2, 0.25) is 0 Å². The lowest BCUT2D eigenvalue weighted by Crippen LogP contribution is -2.27. The van der Waals surface area contributed by atoms with Crippen molar-refractivity contribution in [1.82, 2.24) is 14.9 Å². The largest absolute Gasteiger partial charge is 0.350 e. The van der Waals surface area contributed by atoms with Gasteiger partial charge in [0.1, 0.15) is 5.82 Å². The molecule has 3 rings (SSSR count). The lowest BCUT2D eigenvalue weighted by molar-refractivity contribution is 0.0952. The molecular formula is C20H18N4O. The molecule has 1 amide bonds. The summed E-state index contributed by atoms with van der Waals surface area (Å²) in [5.74, 6) is 0.745. The molecule has 1 N–H and O–H groups in total. The van der Waals surface area contributed by atoms with Crippen LogP contribution in [-0.2, 0) is 6.54 Å². The predicted octanol–water partition coefficient (Wildman–Crippen LogP) is 3.16. The van der Waals surface area contributed by atoms with Crippen LogP contribution in [0.15, 0.2) is 60.8 Å². The van der Waals surface area contributed by atoms with Crippen molar-refractivity contribution in [3.05, 3.63) is 77.6 Å². The Balaban J connectivity index is 1.65. The highest BCUT2D eigenvalue weighted by molar-refractivity contribution is 5.94. The van der Waals surface area contributed by atoms with Crippen LogP contribution in [-0.4, -0.2) is 22.0 Å². The second-order valence-electron chi connectivity index (χ2n) is 5.69. The first-order chi connectivity index (χ1) is 12.2. The summed E-state index contributed by atoms with van der Waals surface area (Å²) in [5, 5.41) is 11.7. The average molecular weight is 330 g/mol. The molecule has 0 fully saturated rings. The number of aromatic nitrogens is 2. The highest BCUT2D eigenvalue weighted by Gasteiger charge is 2.10. The van der Waals surface area contributed by atoms with Crippen LogP contribution in [0.5, 0.6) is 0 Å². The molecule has 124 valence electrons. The van der Waals surface area contributed by atoms with Crippen molar-refractivity contribution in [2.24, 2.45) is 0 Å². The normalized spacial score (nSPS) is 10.2. The van der Waals surface area contributed by atoms with Gasteiger partial charge >= 0.3 is 0 Å². The molecule has 5 nitrogen and oxygen atoms in total. The monoisotopic (exact) mass is 330 g/mol. The summed E-state index contributed by atoms with van der Waals surface area (Å²) in [7, 11) is 0. The Labute approximate surface area is 146 Å². The van der Waals surface area contributed by atoms with E-state index >= 15 is 0 Å². The van der Waals surface area contributed by atoms with Crippen LogP contribution < -0.4 is 5.32 Å². The number of rotatable bonds is 5. The van der Waals surface area contributed by atoms with Crippen molar-refractivity contribution in [3.8, 4) is 17.5 Å². The van der Waals surface area contributed by atoms with E-state index in [0.717, 1.165) is 17.1 Å². The summed E-state index contributed by atoms with van der Waals surface area (Å²) >= 11 is 0. The van der Waals surface area contributed by atoms with Crippen molar-refractivity contribution in [3.63, 3.8) is 0 Å². The Hall–Kier alpha value is -3.39. The van der Waals surface area contributed by atoms with Gasteiger partial charge in [0.05, 0.1) is 11.6 Å². The summed E-state index contributed by atoms with van der Waals surface area (Å²) in [4.78, 5) is 16.7. The molecule has 0 atom stereocenters. The van der Waals surface area contributed by atoms with Crippen LogP contribution >= 0.6 is 0 Å². The molecular weight excluding hydrogens is 312 g/mol. The molecule has 0 saturated heterocycles. The fourth-order valence-corrected chi connectivity index (χ4v) is 2.64. The molecule has 0 saturated carbocycles. The van der Waals surface area contributed by atoms with E-state index in [-0.39, 0.29) is 5.91 Å². The third-order valence-electron chi connectivity index (χ3n) is 3.98. The van der Waals surface area contributed by atoms with E-state index in [0.29, 0.717) is 24.2 Å². The number of hydrogen-bond acceptors (Lipinski definition) is 3. The maximum atomic E-state index is 12.2. The summed E-state index contributed by atoms with van der Waals surface area (Å²) in [6.07, 6.45) is 1.84. The molecule has 3 aromatic rings. The van der Waals surface area contributed by atoms with Crippen LogP contribution in [0.25, 0.3) is 11.4 Å². The van der Waals surface area contributed by atoms with Crippen molar-refractivity contribution >= 4 is 5.91 Å². The van der Waals surface area contributed by atoms with Crippen LogP contribution in [0.3, 0.4) is 0 Å². The van der Waals surface area contributed by atoms with Gasteiger partial charge in [-0.1, -0.05) is 30.3 Å². The highest BCUT2D eigenvalue weighted by atomic mass is 16.1. The minimum atomic E-state index is -0.150. The van der Waals surface area contributed by atoms with E-state index in [1.807, 2.05) is 49.5 Å². The predicted molar refractivity (Wildman–Crippen MR) is 95.9 cm³/mol. The second-order valence-corrected chi connectivity index (χ2v) is 5.69. The van der Waals surface area contributed by atoms with E-state index < -0.39 is 0 Å². The lowest BCUT2D eigenvalue weighted by Gasteiger charge is -2.11. The zero-order valence-corrected chi connectivity index (χ0v) is 13.9. The maximum absolute atomic E-state index is 12.2. The minimum Gasteiger partial charge on any atom is -0.350 e. The van der Waals surface area contributed by atoms with Gasteiger partial charge in [-0.05, 0) is 31.2 Å². The molecule has 0 bridgehead atoms. The molecule has 1 heterocycles. The zero-order chi connectivity index (χ0) is 17.6. The van der Waals surface area contributed by atoms with Gasteiger partial charge in [-0.3, -0.25) is 4.79 Å². The Kier molecular flexibility index (Phi) is 4.91. The molecule has 5 heteroatoms. The SMILES string of the molecule is Cc1cnc(-c2ccccc2)n1CCNC(=O)c1ccc(C#N)cc1. The van der Waals surface area contributed by atoms with E-state index in [4.69, 9.17) is 5.26 Å². The van der Waals surface area contributed by atoms with Crippen molar-refractivity contribution < 1.29 is 4.79 Å². The van der Waals surface area contributed by atoms with Gasteiger partial charge < -0.3 is 9.88 Å². The molecule has 1 aromatic heterocycles. The quantitative estimate of drug-likeness (QED) is 0.781. The van der Waals surface area contributed by atoms with E-state index in [9.17, 15) is 4.79 Å². The molecule has 2 aromatic carbocycles. The molecule has 0 aliphatic heterocycles. The van der Waals surface area contributed by atoms with Crippen LogP contribution in [0.1, 0.15) is 21.6 Å². The van der Waals surface area contributed by atoms with Crippen LogP contribution in [0.4, 0.5) is 0 Å². The zero-order valence-electron chi connectivity index (χ0n) is 13.9. The number of carbonyl (C=O) groups excluding carboxylic acids is 1. The first kappa shape index (κ1) is 16.5. The fraction of sp³-hybridized carbons (Fsp3) is 0.150. The number of aryl methyl sites for hydroxylation is 1. The average Bonchev–Trinajstić information content (AvgIpc) is 3.03. The summed E-state index contributed by atoms with van der Waals surface area (Å²) in [6.45, 7) is 3.13. The molecule has 0 aliphatic rings. The number of amides is 1. The fourth-order valence-electron chi connectivity index (χ4n) is 2.64. The van der Waals surface area contributed by atoms with Crippen molar-refractivity contribution in [1.29, 1.82) is 5.26 Å². The van der Waals surface area contributed by atoms with Gasteiger partial charge in [0.2, 0.25) is 0 Å². The number of hydrogen-bond donors (Lipinski definition) is 1. The smallest absolute Gasteiger partial charge is 0.251 e. The summed E-state index contributed by atoms with van der Waals surface area (Å²) in [5.41, 5.74) is 3.18. The van der Waals surface area contributed by atoms with E-state index in [1.165, 1.54) is 0 Å².